The molecule has 5 rings (SSSR count). The van der Waals surface area contributed by atoms with Gasteiger partial charge in [0.25, 0.3) is 5.91 Å². The first-order valence-electron chi connectivity index (χ1n) is 11.5. The Kier molecular flexibility index (Phi) is 6.53. The van der Waals surface area contributed by atoms with Gasteiger partial charge in [-0.1, -0.05) is 17.7 Å². The fourth-order valence-corrected chi connectivity index (χ4v) is 4.60. The van der Waals surface area contributed by atoms with Crippen LogP contribution in [0.3, 0.4) is 0 Å². The van der Waals surface area contributed by atoms with Crippen LogP contribution in [0.15, 0.2) is 71.6 Å². The molecular formula is C27H22F2N4O4S. The molecule has 0 saturated heterocycles. The van der Waals surface area contributed by atoms with Crippen LogP contribution < -0.4 is 5.32 Å². The lowest BCUT2D eigenvalue weighted by molar-refractivity contribution is 0.102. The van der Waals surface area contributed by atoms with E-state index in [0.29, 0.717) is 22.5 Å². The predicted octanol–water partition coefficient (Wildman–Crippen LogP) is 5.08. The second kappa shape index (κ2) is 9.82. The van der Waals surface area contributed by atoms with Crippen LogP contribution in [0.25, 0.3) is 28.2 Å². The third-order valence-electron chi connectivity index (χ3n) is 5.80. The summed E-state index contributed by atoms with van der Waals surface area (Å²) in [6.45, 7) is 1.93. The van der Waals surface area contributed by atoms with Crippen molar-refractivity contribution in [2.75, 3.05) is 17.3 Å². The number of carbonyl (C=O) groups is 1. The maximum absolute atomic E-state index is 14.1. The van der Waals surface area contributed by atoms with E-state index in [0.717, 1.165) is 30.0 Å². The fraction of sp³-hybridized carbons (Fsp3) is 0.148. The summed E-state index contributed by atoms with van der Waals surface area (Å²) in [6.07, 6.45) is 5.74. The Labute approximate surface area is 216 Å². The molecule has 0 bridgehead atoms. The van der Waals surface area contributed by atoms with Gasteiger partial charge in [-0.25, -0.2) is 27.2 Å². The van der Waals surface area contributed by atoms with Gasteiger partial charge in [0.15, 0.2) is 5.69 Å². The van der Waals surface area contributed by atoms with Gasteiger partial charge in [0.2, 0.25) is 5.89 Å². The minimum atomic E-state index is -3.20. The number of hydrogen-bond donors (Lipinski definition) is 1. The molecule has 0 aliphatic heterocycles. The Bertz CT molecular complexity index is 1770. The van der Waals surface area contributed by atoms with Crippen molar-refractivity contribution in [2.45, 2.75) is 13.3 Å². The lowest BCUT2D eigenvalue weighted by Gasteiger charge is -2.12. The van der Waals surface area contributed by atoms with Crippen molar-refractivity contribution >= 4 is 27.1 Å². The van der Waals surface area contributed by atoms with Crippen molar-refractivity contribution < 1.29 is 26.4 Å². The molecule has 0 atom stereocenters. The molecular weight excluding hydrogens is 514 g/mol. The number of amides is 1. The highest BCUT2D eigenvalue weighted by atomic mass is 32.2. The quantitative estimate of drug-likeness (QED) is 0.311. The Morgan fingerprint density at radius 3 is 2.50 bits per heavy atom. The van der Waals surface area contributed by atoms with Gasteiger partial charge in [-0.3, -0.25) is 4.79 Å². The van der Waals surface area contributed by atoms with Crippen molar-refractivity contribution in [1.29, 1.82) is 0 Å². The molecule has 1 N–H and O–H groups in total. The van der Waals surface area contributed by atoms with Crippen molar-refractivity contribution in [3.8, 4) is 22.6 Å². The van der Waals surface area contributed by atoms with Gasteiger partial charge < -0.3 is 14.1 Å². The average molecular weight is 537 g/mol. The average Bonchev–Trinajstić information content (AvgIpc) is 3.48. The molecule has 194 valence electrons. The molecule has 11 heteroatoms. The topological polar surface area (TPSA) is 107 Å². The normalized spacial score (nSPS) is 11.7. The number of anilines is 1. The standard InChI is InChI=1S/C27H22F2N4O4S/c1-16-4-3-5-17(8-16)27-32-24(15-37-27)26(34)31-23-14-33-13-21(6-7-38(2,35)36)30-25(33)12-22(23)18-9-19(28)11-20(29)10-18/h3-5,8-15H,6-7H2,1-2H3,(H,31,34). The molecule has 2 aromatic carbocycles. The molecule has 0 saturated carbocycles. The number of oxazole rings is 1. The van der Waals surface area contributed by atoms with Crippen LogP contribution in [0.2, 0.25) is 0 Å². The number of fused-ring (bicyclic) bond motifs is 1. The number of nitrogens with zero attached hydrogens (tertiary/aromatic N) is 3. The molecule has 5 aromatic rings. The minimum Gasteiger partial charge on any atom is -0.444 e. The van der Waals surface area contributed by atoms with Gasteiger partial charge in [-0.05, 0) is 42.8 Å². The molecule has 3 heterocycles. The Balaban J connectivity index is 1.52. The zero-order valence-electron chi connectivity index (χ0n) is 20.4. The SMILES string of the molecule is Cc1cccc(-c2nc(C(=O)Nc3cn4cc(CCS(C)(=O)=O)nc4cc3-c3cc(F)cc(F)c3)co2)c1. The lowest BCUT2D eigenvalue weighted by atomic mass is 10.0. The van der Waals surface area contributed by atoms with E-state index in [4.69, 9.17) is 4.42 Å². The molecule has 1 amide bonds. The first-order chi connectivity index (χ1) is 18.0. The van der Waals surface area contributed by atoms with E-state index in [1.165, 1.54) is 6.26 Å². The summed E-state index contributed by atoms with van der Waals surface area (Å²) in [4.78, 5) is 21.9. The summed E-state index contributed by atoms with van der Waals surface area (Å²) >= 11 is 0. The Morgan fingerprint density at radius 2 is 1.79 bits per heavy atom. The highest BCUT2D eigenvalue weighted by Gasteiger charge is 2.18. The number of nitrogens with one attached hydrogen (secondary N) is 1. The van der Waals surface area contributed by atoms with E-state index in [2.05, 4.69) is 15.3 Å². The van der Waals surface area contributed by atoms with Crippen molar-refractivity contribution in [3.63, 3.8) is 0 Å². The van der Waals surface area contributed by atoms with Gasteiger partial charge in [0, 0.05) is 42.3 Å². The van der Waals surface area contributed by atoms with Crippen LogP contribution >= 0.6 is 0 Å². The van der Waals surface area contributed by atoms with Gasteiger partial charge in [-0.15, -0.1) is 0 Å². The van der Waals surface area contributed by atoms with Crippen molar-refractivity contribution in [3.05, 3.63) is 95.8 Å². The maximum Gasteiger partial charge on any atom is 0.277 e. The monoisotopic (exact) mass is 536 g/mol. The van der Waals surface area contributed by atoms with E-state index in [1.54, 1.807) is 22.9 Å². The zero-order chi connectivity index (χ0) is 27.0. The summed E-state index contributed by atoms with van der Waals surface area (Å²) in [5.74, 6) is -1.98. The van der Waals surface area contributed by atoms with Crippen LogP contribution in [0.5, 0.6) is 0 Å². The molecule has 0 aliphatic rings. The summed E-state index contributed by atoms with van der Waals surface area (Å²) < 4.78 is 58.4. The number of rotatable bonds is 7. The molecule has 8 nitrogen and oxygen atoms in total. The van der Waals surface area contributed by atoms with Crippen molar-refractivity contribution in [2.24, 2.45) is 0 Å². The molecule has 0 radical (unpaired) electrons. The molecule has 0 unspecified atom stereocenters. The second-order valence-corrected chi connectivity index (χ2v) is 11.3. The summed E-state index contributed by atoms with van der Waals surface area (Å²) in [7, 11) is -3.20. The van der Waals surface area contributed by atoms with Crippen LogP contribution in [0.4, 0.5) is 14.5 Å². The number of pyridine rings is 1. The second-order valence-electron chi connectivity index (χ2n) is 9.00. The van der Waals surface area contributed by atoms with Crippen molar-refractivity contribution in [1.82, 2.24) is 14.4 Å². The molecule has 0 spiro atoms. The van der Waals surface area contributed by atoms with Crippen LogP contribution in [-0.4, -0.2) is 40.7 Å². The van der Waals surface area contributed by atoms with Gasteiger partial charge >= 0.3 is 0 Å². The number of carbonyl (C=O) groups excluding carboxylic acids is 1. The highest BCUT2D eigenvalue weighted by Crippen LogP contribution is 2.31. The van der Waals surface area contributed by atoms with Crippen LogP contribution in [0.1, 0.15) is 21.7 Å². The van der Waals surface area contributed by atoms with Crippen LogP contribution in [0, 0.1) is 18.6 Å². The third kappa shape index (κ3) is 5.62. The number of sulfone groups is 1. The first-order valence-corrected chi connectivity index (χ1v) is 13.6. The number of imidazole rings is 1. The smallest absolute Gasteiger partial charge is 0.277 e. The van der Waals surface area contributed by atoms with Crippen LogP contribution in [-0.2, 0) is 16.3 Å². The summed E-state index contributed by atoms with van der Waals surface area (Å²) in [5, 5.41) is 2.75. The molecule has 3 aromatic heterocycles. The van der Waals surface area contributed by atoms with E-state index in [1.807, 2.05) is 31.2 Å². The lowest BCUT2D eigenvalue weighted by Crippen LogP contribution is -2.13. The first kappa shape index (κ1) is 25.3. The van der Waals surface area contributed by atoms with E-state index >= 15 is 0 Å². The largest absolute Gasteiger partial charge is 0.444 e. The number of benzene rings is 2. The Morgan fingerprint density at radius 1 is 1.03 bits per heavy atom. The molecule has 0 fully saturated rings. The number of hydrogen-bond acceptors (Lipinski definition) is 6. The number of aryl methyl sites for hydroxylation is 2. The maximum atomic E-state index is 14.1. The third-order valence-corrected chi connectivity index (χ3v) is 6.74. The zero-order valence-corrected chi connectivity index (χ0v) is 21.2. The summed E-state index contributed by atoms with van der Waals surface area (Å²) in [6, 6.07) is 12.1. The van der Waals surface area contributed by atoms with E-state index in [9.17, 15) is 22.0 Å². The van der Waals surface area contributed by atoms with Gasteiger partial charge in [-0.2, -0.15) is 0 Å². The fourth-order valence-electron chi connectivity index (χ4n) is 4.02. The van der Waals surface area contributed by atoms with Gasteiger partial charge in [0.05, 0.1) is 17.1 Å². The molecule has 38 heavy (non-hydrogen) atoms. The number of aromatic nitrogens is 3. The predicted molar refractivity (Wildman–Crippen MR) is 139 cm³/mol. The minimum absolute atomic E-state index is 0.0115. The molecule has 0 aliphatic carbocycles. The number of halogens is 2. The Hall–Kier alpha value is -4.38. The van der Waals surface area contributed by atoms with Gasteiger partial charge in [0.1, 0.15) is 33.4 Å². The highest BCUT2D eigenvalue weighted by molar-refractivity contribution is 7.90. The van der Waals surface area contributed by atoms with E-state index in [-0.39, 0.29) is 35.0 Å². The van der Waals surface area contributed by atoms with E-state index < -0.39 is 27.4 Å². The summed E-state index contributed by atoms with van der Waals surface area (Å²) in [5.41, 5.74) is 3.37.